The summed E-state index contributed by atoms with van der Waals surface area (Å²) in [5.41, 5.74) is 0.778. The third-order valence-corrected chi connectivity index (χ3v) is 4.70. The maximum Gasteiger partial charge on any atom is 0.297 e. The normalized spacial score (nSPS) is 15.3. The van der Waals surface area contributed by atoms with Crippen molar-refractivity contribution in [3.63, 3.8) is 0 Å². The van der Waals surface area contributed by atoms with E-state index in [1.165, 1.54) is 0 Å². The second-order valence-corrected chi connectivity index (χ2v) is 7.45. The fraction of sp³-hybridized carbons (Fsp3) is 0.438. The number of hydrogen-bond acceptors (Lipinski definition) is 4. The first-order valence-corrected chi connectivity index (χ1v) is 8.41. The molecule has 5 nitrogen and oxygen atoms in total. The second kappa shape index (κ2) is 5.76. The summed E-state index contributed by atoms with van der Waals surface area (Å²) in [6, 6.07) is 8.03. The molecule has 1 amide bonds. The Bertz CT molecular complexity index is 689. The summed E-state index contributed by atoms with van der Waals surface area (Å²) in [6.07, 6.45) is 2.59. The molecule has 1 aliphatic heterocycles. The molecule has 0 N–H and O–H groups in total. The van der Waals surface area contributed by atoms with Gasteiger partial charge in [-0.25, -0.2) is 9.67 Å². The number of benzene rings is 1. The van der Waals surface area contributed by atoms with E-state index in [1.54, 1.807) is 27.7 Å². The number of thioether (sulfide) groups is 1. The summed E-state index contributed by atoms with van der Waals surface area (Å²) in [4.78, 5) is 20.0. The van der Waals surface area contributed by atoms with Crippen LogP contribution in [0, 0.1) is 0 Å². The van der Waals surface area contributed by atoms with Crippen molar-refractivity contribution in [2.45, 2.75) is 37.6 Å². The Morgan fingerprint density at radius 2 is 2.05 bits per heavy atom. The molecule has 0 saturated heterocycles. The van der Waals surface area contributed by atoms with Gasteiger partial charge in [-0.15, -0.1) is 16.9 Å². The average Bonchev–Trinajstić information content (AvgIpc) is 2.88. The predicted molar refractivity (Wildman–Crippen MR) is 88.5 cm³/mol. The summed E-state index contributed by atoms with van der Waals surface area (Å²) in [6.45, 7) is 6.81. The zero-order valence-electron chi connectivity index (χ0n) is 13.1. The minimum absolute atomic E-state index is 0.127. The average molecular weight is 316 g/mol. The van der Waals surface area contributed by atoms with Crippen LogP contribution in [0.3, 0.4) is 0 Å². The van der Waals surface area contributed by atoms with Crippen LogP contribution in [0.25, 0.3) is 0 Å². The highest BCUT2D eigenvalue weighted by Gasteiger charge is 2.26. The van der Waals surface area contributed by atoms with E-state index in [1.807, 2.05) is 39.0 Å². The molecule has 1 aromatic heterocycles. The van der Waals surface area contributed by atoms with E-state index in [-0.39, 0.29) is 17.3 Å². The minimum atomic E-state index is -0.182. The van der Waals surface area contributed by atoms with Gasteiger partial charge in [0.25, 0.3) is 5.91 Å². The van der Waals surface area contributed by atoms with Crippen molar-refractivity contribution in [2.75, 3.05) is 17.2 Å². The van der Waals surface area contributed by atoms with Crippen molar-refractivity contribution in [1.29, 1.82) is 0 Å². The van der Waals surface area contributed by atoms with Crippen molar-refractivity contribution < 1.29 is 4.79 Å². The number of hydrogen-bond donors (Lipinski definition) is 0. The van der Waals surface area contributed by atoms with Gasteiger partial charge in [0.1, 0.15) is 6.33 Å². The molecule has 22 heavy (non-hydrogen) atoms. The number of amides is 1. The molecule has 0 unspecified atom stereocenters. The van der Waals surface area contributed by atoms with Gasteiger partial charge in [-0.3, -0.25) is 4.79 Å². The van der Waals surface area contributed by atoms with Crippen molar-refractivity contribution in [3.05, 3.63) is 36.4 Å². The monoisotopic (exact) mass is 316 g/mol. The molecule has 3 rings (SSSR count). The molecular weight excluding hydrogens is 296 g/mol. The van der Waals surface area contributed by atoms with Crippen LogP contribution in [0.5, 0.6) is 0 Å². The standard InChI is InChI=1S/C16H20N4OS/c1-16(2,3)20-11-17-14(18-20)15(21)19-9-6-10-22-13-8-5-4-7-12(13)19/h4-5,7-8,11H,6,9-10H2,1-3H3. The summed E-state index contributed by atoms with van der Waals surface area (Å²) in [5, 5.41) is 4.37. The van der Waals surface area contributed by atoms with Crippen molar-refractivity contribution in [3.8, 4) is 0 Å². The maximum atomic E-state index is 12.8. The van der Waals surface area contributed by atoms with Crippen LogP contribution in [-0.2, 0) is 5.54 Å². The summed E-state index contributed by atoms with van der Waals surface area (Å²) >= 11 is 1.80. The fourth-order valence-corrected chi connectivity index (χ4v) is 3.34. The molecule has 1 aliphatic rings. The van der Waals surface area contributed by atoms with E-state index < -0.39 is 0 Å². The summed E-state index contributed by atoms with van der Waals surface area (Å²) < 4.78 is 1.73. The van der Waals surface area contributed by atoms with Crippen molar-refractivity contribution in [2.24, 2.45) is 0 Å². The topological polar surface area (TPSA) is 51.0 Å². The predicted octanol–water partition coefficient (Wildman–Crippen LogP) is 3.18. The fourth-order valence-electron chi connectivity index (χ4n) is 2.34. The van der Waals surface area contributed by atoms with Gasteiger partial charge < -0.3 is 4.90 Å². The number of rotatable bonds is 1. The molecule has 0 spiro atoms. The van der Waals surface area contributed by atoms with Crippen molar-refractivity contribution >= 4 is 23.4 Å². The molecule has 2 aromatic rings. The Balaban J connectivity index is 1.93. The van der Waals surface area contributed by atoms with Gasteiger partial charge >= 0.3 is 0 Å². The van der Waals surface area contributed by atoms with Crippen LogP contribution < -0.4 is 4.90 Å². The molecule has 0 radical (unpaired) electrons. The zero-order chi connectivity index (χ0) is 15.7. The van der Waals surface area contributed by atoms with Gasteiger partial charge in [0, 0.05) is 11.4 Å². The summed E-state index contributed by atoms with van der Waals surface area (Å²) in [7, 11) is 0. The highest BCUT2D eigenvalue weighted by atomic mass is 32.2. The lowest BCUT2D eigenvalue weighted by atomic mass is 10.1. The van der Waals surface area contributed by atoms with Crippen LogP contribution in [0.1, 0.15) is 37.8 Å². The lowest BCUT2D eigenvalue weighted by Crippen LogP contribution is -2.33. The van der Waals surface area contributed by atoms with E-state index in [9.17, 15) is 4.79 Å². The van der Waals surface area contributed by atoms with Crippen LogP contribution in [0.4, 0.5) is 5.69 Å². The molecular formula is C16H20N4OS. The maximum absolute atomic E-state index is 12.8. The molecule has 0 aliphatic carbocycles. The number of carbonyl (C=O) groups is 1. The smallest absolute Gasteiger partial charge is 0.297 e. The first-order valence-electron chi connectivity index (χ1n) is 7.42. The SMILES string of the molecule is CC(C)(C)n1cnc(C(=O)N2CCCSc3ccccc32)n1. The Morgan fingerprint density at radius 1 is 1.27 bits per heavy atom. The minimum Gasteiger partial charge on any atom is -0.304 e. The number of fused-ring (bicyclic) bond motifs is 1. The Hall–Kier alpha value is -1.82. The van der Waals surface area contributed by atoms with E-state index in [0.29, 0.717) is 6.54 Å². The third-order valence-electron chi connectivity index (χ3n) is 3.56. The molecule has 116 valence electrons. The lowest BCUT2D eigenvalue weighted by Gasteiger charge is -2.21. The van der Waals surface area contributed by atoms with Gasteiger partial charge in [0.2, 0.25) is 5.82 Å². The van der Waals surface area contributed by atoms with Crippen LogP contribution in [0.2, 0.25) is 0 Å². The number of anilines is 1. The van der Waals surface area contributed by atoms with Gasteiger partial charge in [0.05, 0.1) is 11.2 Å². The first-order chi connectivity index (χ1) is 10.5. The Labute approximate surface area is 134 Å². The van der Waals surface area contributed by atoms with E-state index in [4.69, 9.17) is 0 Å². The third kappa shape index (κ3) is 2.88. The van der Waals surface area contributed by atoms with E-state index in [0.717, 1.165) is 22.8 Å². The highest BCUT2D eigenvalue weighted by molar-refractivity contribution is 7.99. The Kier molecular flexibility index (Phi) is 3.95. The summed E-state index contributed by atoms with van der Waals surface area (Å²) in [5.74, 6) is 1.15. The number of para-hydroxylation sites is 1. The lowest BCUT2D eigenvalue weighted by molar-refractivity contribution is 0.0976. The number of nitrogens with zero attached hydrogens (tertiary/aromatic N) is 4. The first kappa shape index (κ1) is 15.1. The van der Waals surface area contributed by atoms with Crippen LogP contribution >= 0.6 is 11.8 Å². The number of carbonyl (C=O) groups excluding carboxylic acids is 1. The zero-order valence-corrected chi connectivity index (χ0v) is 13.9. The molecule has 0 bridgehead atoms. The van der Waals surface area contributed by atoms with Gasteiger partial charge in [0.15, 0.2) is 0 Å². The second-order valence-electron chi connectivity index (χ2n) is 6.31. The van der Waals surface area contributed by atoms with Gasteiger partial charge in [-0.05, 0) is 45.1 Å². The van der Waals surface area contributed by atoms with Crippen LogP contribution in [0.15, 0.2) is 35.5 Å². The van der Waals surface area contributed by atoms with Crippen molar-refractivity contribution in [1.82, 2.24) is 14.8 Å². The van der Waals surface area contributed by atoms with Gasteiger partial charge in [-0.1, -0.05) is 12.1 Å². The molecule has 1 aromatic carbocycles. The Morgan fingerprint density at radius 3 is 2.77 bits per heavy atom. The highest BCUT2D eigenvalue weighted by Crippen LogP contribution is 2.34. The van der Waals surface area contributed by atoms with Gasteiger partial charge in [-0.2, -0.15) is 0 Å². The van der Waals surface area contributed by atoms with E-state index in [2.05, 4.69) is 16.1 Å². The molecule has 0 saturated carbocycles. The quantitative estimate of drug-likeness (QED) is 0.811. The largest absolute Gasteiger partial charge is 0.304 e. The molecule has 0 fully saturated rings. The van der Waals surface area contributed by atoms with Crippen LogP contribution in [-0.4, -0.2) is 33.0 Å². The molecule has 0 atom stereocenters. The number of aromatic nitrogens is 3. The molecule has 2 heterocycles. The molecule has 6 heteroatoms. The van der Waals surface area contributed by atoms with E-state index >= 15 is 0 Å².